The highest BCUT2D eigenvalue weighted by Crippen LogP contribution is 2.31. The number of benzene rings is 1. The molecule has 0 saturated carbocycles. The van der Waals surface area contributed by atoms with E-state index in [4.69, 9.17) is 25.8 Å². The molecule has 8 nitrogen and oxygen atoms in total. The van der Waals surface area contributed by atoms with Crippen LogP contribution < -0.4 is 9.47 Å². The van der Waals surface area contributed by atoms with Crippen molar-refractivity contribution in [1.82, 2.24) is 19.6 Å². The van der Waals surface area contributed by atoms with E-state index in [-0.39, 0.29) is 5.91 Å². The van der Waals surface area contributed by atoms with Gasteiger partial charge in [-0.05, 0) is 43.4 Å². The second kappa shape index (κ2) is 11.6. The lowest BCUT2D eigenvalue weighted by molar-refractivity contribution is -0.151. The number of carbonyl (C=O) groups excluding carboxylic acids is 1. The number of hydrogen-bond donors (Lipinski definition) is 0. The third-order valence-electron chi connectivity index (χ3n) is 6.41. The van der Waals surface area contributed by atoms with E-state index in [2.05, 4.69) is 23.8 Å². The van der Waals surface area contributed by atoms with Gasteiger partial charge in [-0.2, -0.15) is 5.10 Å². The van der Waals surface area contributed by atoms with Crippen LogP contribution in [0.2, 0.25) is 5.15 Å². The van der Waals surface area contributed by atoms with Gasteiger partial charge in [0, 0.05) is 45.3 Å². The fourth-order valence-corrected chi connectivity index (χ4v) is 4.86. The van der Waals surface area contributed by atoms with Crippen molar-refractivity contribution in [3.8, 4) is 11.5 Å². The van der Waals surface area contributed by atoms with Crippen molar-refractivity contribution < 1.29 is 19.0 Å². The first-order valence-corrected chi connectivity index (χ1v) is 12.9. The molecule has 0 spiro atoms. The van der Waals surface area contributed by atoms with Gasteiger partial charge in [0.2, 0.25) is 0 Å². The van der Waals surface area contributed by atoms with E-state index < -0.39 is 6.10 Å². The fourth-order valence-electron chi connectivity index (χ4n) is 4.62. The second-order valence-electron chi connectivity index (χ2n) is 9.87. The number of rotatable bonds is 7. The number of carbonyl (C=O) groups is 1. The highest BCUT2D eigenvalue weighted by Gasteiger charge is 2.31. The number of hydrogen-bond acceptors (Lipinski definition) is 6. The zero-order chi connectivity index (χ0) is 24.9. The molecular weight excluding hydrogens is 468 g/mol. The Balaban J connectivity index is 1.46. The van der Waals surface area contributed by atoms with Crippen LogP contribution in [0.5, 0.6) is 11.5 Å². The Labute approximate surface area is 213 Å². The summed E-state index contributed by atoms with van der Waals surface area (Å²) < 4.78 is 19.4. The molecule has 1 amide bonds. The third-order valence-corrected chi connectivity index (χ3v) is 6.88. The molecule has 0 N–H and O–H groups in total. The van der Waals surface area contributed by atoms with E-state index in [0.717, 1.165) is 47.7 Å². The molecule has 0 bridgehead atoms. The molecule has 1 atom stereocenters. The summed E-state index contributed by atoms with van der Waals surface area (Å²) >= 11 is 6.45. The summed E-state index contributed by atoms with van der Waals surface area (Å²) in [6.07, 6.45) is 1.45. The Kier molecular flexibility index (Phi) is 8.57. The maximum absolute atomic E-state index is 13.6. The molecule has 192 valence electrons. The fraction of sp³-hybridized carbons (Fsp3) is 0.615. The van der Waals surface area contributed by atoms with E-state index in [1.165, 1.54) is 0 Å². The molecule has 1 aromatic carbocycles. The van der Waals surface area contributed by atoms with Crippen molar-refractivity contribution in [2.45, 2.75) is 52.8 Å². The number of morpholine rings is 1. The summed E-state index contributed by atoms with van der Waals surface area (Å²) in [6.45, 7) is 11.2. The second-order valence-corrected chi connectivity index (χ2v) is 10.2. The van der Waals surface area contributed by atoms with Gasteiger partial charge in [0.1, 0.15) is 11.3 Å². The van der Waals surface area contributed by atoms with Gasteiger partial charge in [-0.15, -0.1) is 0 Å². The molecule has 2 aliphatic rings. The third kappa shape index (κ3) is 6.48. The number of nitrogens with zero attached hydrogens (tertiary/aromatic N) is 4. The molecule has 2 aromatic rings. The Morgan fingerprint density at radius 2 is 1.94 bits per heavy atom. The van der Waals surface area contributed by atoms with Gasteiger partial charge in [0.05, 0.1) is 25.5 Å². The van der Waals surface area contributed by atoms with Crippen molar-refractivity contribution >= 4 is 17.5 Å². The maximum Gasteiger partial charge on any atom is 0.253 e. The highest BCUT2D eigenvalue weighted by atomic mass is 35.5. The average molecular weight is 505 g/mol. The van der Waals surface area contributed by atoms with Crippen molar-refractivity contribution in [2.24, 2.45) is 13.0 Å². The number of ether oxygens (including phenoxy) is 3. The lowest BCUT2D eigenvalue weighted by Gasteiger charge is -2.35. The first-order valence-electron chi connectivity index (χ1n) is 12.5. The summed E-state index contributed by atoms with van der Waals surface area (Å²) in [6, 6.07) is 5.97. The topological polar surface area (TPSA) is 69.1 Å². The van der Waals surface area contributed by atoms with Crippen LogP contribution in [-0.2, 0) is 29.7 Å². The van der Waals surface area contributed by atoms with Crippen LogP contribution in [0.4, 0.5) is 0 Å². The van der Waals surface area contributed by atoms with E-state index >= 15 is 0 Å². The molecule has 1 unspecified atom stereocenters. The molecule has 0 radical (unpaired) electrons. The van der Waals surface area contributed by atoms with E-state index in [9.17, 15) is 4.79 Å². The number of aromatic nitrogens is 2. The van der Waals surface area contributed by atoms with Crippen molar-refractivity contribution in [3.63, 3.8) is 0 Å². The standard InChI is InChI=1S/C26H37ClN4O4/c1-18(2)14-31(15-20-7-8-22-23(13-20)34-11-6-5-10-33-22)26(32)24-17-30(9-12-35-24)16-21-19(3)28-29(4)25(21)27/h7-8,13,18,24H,5-6,9-12,14-17H2,1-4H3. The van der Waals surface area contributed by atoms with Crippen LogP contribution in [0.25, 0.3) is 0 Å². The quantitative estimate of drug-likeness (QED) is 0.571. The zero-order valence-electron chi connectivity index (χ0n) is 21.3. The Morgan fingerprint density at radius 1 is 1.20 bits per heavy atom. The molecular formula is C26H37ClN4O4. The minimum absolute atomic E-state index is 0.0151. The van der Waals surface area contributed by atoms with E-state index in [0.29, 0.717) is 57.1 Å². The number of amides is 1. The highest BCUT2D eigenvalue weighted by molar-refractivity contribution is 6.30. The van der Waals surface area contributed by atoms with Gasteiger partial charge in [0.25, 0.3) is 5.91 Å². The van der Waals surface area contributed by atoms with Gasteiger partial charge in [-0.3, -0.25) is 14.4 Å². The van der Waals surface area contributed by atoms with Gasteiger partial charge in [-0.1, -0.05) is 31.5 Å². The van der Waals surface area contributed by atoms with Crippen molar-refractivity contribution in [1.29, 1.82) is 0 Å². The van der Waals surface area contributed by atoms with Crippen LogP contribution in [-0.4, -0.2) is 71.0 Å². The molecule has 1 saturated heterocycles. The summed E-state index contributed by atoms with van der Waals surface area (Å²) in [4.78, 5) is 17.8. The summed E-state index contributed by atoms with van der Waals surface area (Å²) in [5.41, 5.74) is 2.94. The van der Waals surface area contributed by atoms with E-state index in [1.807, 2.05) is 37.1 Å². The van der Waals surface area contributed by atoms with Crippen LogP contribution >= 0.6 is 11.6 Å². The molecule has 3 heterocycles. The minimum atomic E-state index is -0.512. The predicted octanol–water partition coefficient (Wildman–Crippen LogP) is 3.82. The predicted molar refractivity (Wildman–Crippen MR) is 135 cm³/mol. The number of aryl methyl sites for hydroxylation is 2. The SMILES string of the molecule is Cc1nn(C)c(Cl)c1CN1CCOC(C(=O)N(Cc2ccc3c(c2)OCCCCO3)CC(C)C)C1. The zero-order valence-corrected chi connectivity index (χ0v) is 22.0. The van der Waals surface area contributed by atoms with Crippen LogP contribution in [0.15, 0.2) is 18.2 Å². The summed E-state index contributed by atoms with van der Waals surface area (Å²) in [5, 5.41) is 5.05. The van der Waals surface area contributed by atoms with E-state index in [1.54, 1.807) is 4.68 Å². The van der Waals surface area contributed by atoms with Crippen LogP contribution in [0.1, 0.15) is 43.5 Å². The normalized spacial score (nSPS) is 18.9. The average Bonchev–Trinajstić information content (AvgIpc) is 3.05. The monoisotopic (exact) mass is 504 g/mol. The molecule has 4 rings (SSSR count). The van der Waals surface area contributed by atoms with Crippen molar-refractivity contribution in [2.75, 3.05) is 39.5 Å². The molecule has 0 aliphatic carbocycles. The largest absolute Gasteiger partial charge is 0.490 e. The van der Waals surface area contributed by atoms with Gasteiger partial charge in [0.15, 0.2) is 11.5 Å². The Bertz CT molecular complexity index is 1030. The summed E-state index contributed by atoms with van der Waals surface area (Å²) in [7, 11) is 1.84. The number of halogens is 1. The molecule has 35 heavy (non-hydrogen) atoms. The lowest BCUT2D eigenvalue weighted by Crippen LogP contribution is -2.51. The smallest absolute Gasteiger partial charge is 0.253 e. The summed E-state index contributed by atoms with van der Waals surface area (Å²) in [5.74, 6) is 1.87. The molecule has 1 fully saturated rings. The first kappa shape index (κ1) is 25.8. The molecule has 9 heteroatoms. The van der Waals surface area contributed by atoms with Crippen LogP contribution in [0.3, 0.4) is 0 Å². The Hall–Kier alpha value is -2.29. The minimum Gasteiger partial charge on any atom is -0.490 e. The lowest BCUT2D eigenvalue weighted by atomic mass is 10.1. The maximum atomic E-state index is 13.6. The van der Waals surface area contributed by atoms with Gasteiger partial charge >= 0.3 is 0 Å². The van der Waals surface area contributed by atoms with Gasteiger partial charge in [-0.25, -0.2) is 0 Å². The van der Waals surface area contributed by atoms with Crippen molar-refractivity contribution in [3.05, 3.63) is 40.2 Å². The molecule has 1 aromatic heterocycles. The van der Waals surface area contributed by atoms with Crippen LogP contribution in [0, 0.1) is 12.8 Å². The first-order chi connectivity index (χ1) is 16.8. The Morgan fingerprint density at radius 3 is 2.63 bits per heavy atom. The number of fused-ring (bicyclic) bond motifs is 1. The van der Waals surface area contributed by atoms with Gasteiger partial charge < -0.3 is 19.1 Å². The molecule has 2 aliphatic heterocycles.